The molecule has 41 heavy (non-hydrogen) atoms. The first-order chi connectivity index (χ1) is 19.4. The Morgan fingerprint density at radius 1 is 1.17 bits per heavy atom. The van der Waals surface area contributed by atoms with Crippen molar-refractivity contribution in [3.8, 4) is 5.69 Å². The largest absolute Gasteiger partial charge is 0.436 e. The molecule has 0 saturated carbocycles. The molecule has 1 fully saturated rings. The van der Waals surface area contributed by atoms with E-state index in [0.29, 0.717) is 39.9 Å². The molecule has 2 heterocycles. The number of para-hydroxylation sites is 1. The van der Waals surface area contributed by atoms with Gasteiger partial charge in [0.2, 0.25) is 5.84 Å². The minimum atomic E-state index is -4.98. The first-order valence-corrected chi connectivity index (χ1v) is 13.3. The average molecular weight is 593 g/mol. The number of aliphatic hydroxyl groups excluding tert-OH is 1. The van der Waals surface area contributed by atoms with E-state index in [0.717, 1.165) is 12.8 Å². The molecule has 0 spiro atoms. The maximum Gasteiger partial charge on any atom is 0.436 e. The van der Waals surface area contributed by atoms with Crippen LogP contribution in [-0.2, 0) is 6.54 Å². The monoisotopic (exact) mass is 592 g/mol. The minimum Gasteiger partial charge on any atom is -0.381 e. The van der Waals surface area contributed by atoms with Crippen LogP contribution in [0.4, 0.5) is 18.0 Å². The number of piperidine rings is 1. The Balaban J connectivity index is 1.51. The first kappa shape index (κ1) is 30.0. The minimum absolute atomic E-state index is 0.120. The molecule has 4 rings (SSSR count). The van der Waals surface area contributed by atoms with Gasteiger partial charge in [-0.1, -0.05) is 30.7 Å². The van der Waals surface area contributed by atoms with Crippen molar-refractivity contribution in [2.75, 3.05) is 19.6 Å². The molecule has 4 N–H and O–H groups in total. The van der Waals surface area contributed by atoms with E-state index in [4.69, 9.17) is 17.3 Å². The van der Waals surface area contributed by atoms with E-state index in [1.807, 2.05) is 4.90 Å². The number of amidine groups is 1. The van der Waals surface area contributed by atoms with E-state index >= 15 is 0 Å². The number of halogens is 4. The van der Waals surface area contributed by atoms with Gasteiger partial charge in [-0.3, -0.25) is 10.1 Å². The first-order valence-electron chi connectivity index (χ1n) is 12.9. The van der Waals surface area contributed by atoms with E-state index in [1.54, 1.807) is 24.3 Å². The number of hydrogen-bond donors (Lipinski definition) is 3. The normalized spacial score (nSPS) is 15.8. The van der Waals surface area contributed by atoms with Crippen LogP contribution in [-0.4, -0.2) is 79.0 Å². The van der Waals surface area contributed by atoms with E-state index in [9.17, 15) is 27.9 Å². The summed E-state index contributed by atoms with van der Waals surface area (Å²) >= 11 is 5.87. The summed E-state index contributed by atoms with van der Waals surface area (Å²) in [5.74, 6) is 0.258. The number of carbonyl (C=O) groups is 2. The molecule has 14 heteroatoms. The summed E-state index contributed by atoms with van der Waals surface area (Å²) in [6, 6.07) is 11.7. The van der Waals surface area contributed by atoms with Gasteiger partial charge in [-0.25, -0.2) is 14.5 Å². The van der Waals surface area contributed by atoms with Crippen molar-refractivity contribution >= 4 is 29.4 Å². The molecule has 1 atom stereocenters. The molecule has 2 aromatic carbocycles. The van der Waals surface area contributed by atoms with Crippen LogP contribution in [0.25, 0.3) is 5.69 Å². The van der Waals surface area contributed by atoms with Crippen molar-refractivity contribution in [3.63, 3.8) is 0 Å². The van der Waals surface area contributed by atoms with Crippen LogP contribution in [0.1, 0.15) is 41.5 Å². The predicted molar refractivity (Wildman–Crippen MR) is 145 cm³/mol. The van der Waals surface area contributed by atoms with Crippen LogP contribution < -0.4 is 11.1 Å². The van der Waals surface area contributed by atoms with E-state index in [2.05, 4.69) is 22.3 Å². The molecular formula is C27H30ClF3N7O3+. The third-order valence-corrected chi connectivity index (χ3v) is 7.05. The second-order valence-electron chi connectivity index (χ2n) is 9.82. The predicted octanol–water partition coefficient (Wildman–Crippen LogP) is 3.34. The highest BCUT2D eigenvalue weighted by molar-refractivity contribution is 6.30. The smallest absolute Gasteiger partial charge is 0.381 e. The van der Waals surface area contributed by atoms with Gasteiger partial charge in [0.25, 0.3) is 5.91 Å². The lowest BCUT2D eigenvalue weighted by Crippen LogP contribution is -2.47. The molecule has 0 unspecified atom stereocenters. The maximum absolute atomic E-state index is 13.2. The van der Waals surface area contributed by atoms with Crippen LogP contribution in [0.2, 0.25) is 5.02 Å². The van der Waals surface area contributed by atoms with Gasteiger partial charge in [0.05, 0.1) is 11.3 Å². The number of alkyl halides is 3. The van der Waals surface area contributed by atoms with Crippen molar-refractivity contribution in [3.05, 3.63) is 76.8 Å². The molecule has 1 aromatic heterocycles. The van der Waals surface area contributed by atoms with Gasteiger partial charge in [0, 0.05) is 23.7 Å². The third kappa shape index (κ3) is 7.41. The van der Waals surface area contributed by atoms with Crippen LogP contribution in [0.15, 0.2) is 54.9 Å². The molecular weight excluding hydrogens is 563 g/mol. The Morgan fingerprint density at radius 2 is 1.83 bits per heavy atom. The van der Waals surface area contributed by atoms with Gasteiger partial charge in [0.1, 0.15) is 19.4 Å². The number of rotatable bonds is 7. The molecule has 1 aliphatic heterocycles. The molecule has 0 bridgehead atoms. The summed E-state index contributed by atoms with van der Waals surface area (Å²) in [6.45, 7) is 2.08. The Hall–Kier alpha value is -3.97. The fraction of sp³-hybridized carbons (Fsp3) is 0.370. The summed E-state index contributed by atoms with van der Waals surface area (Å²) in [5.41, 5.74) is 7.20. The number of amides is 3. The topological polar surface area (TPSA) is 129 Å². The zero-order chi connectivity index (χ0) is 29.7. The lowest BCUT2D eigenvalue weighted by Gasteiger charge is -2.30. The highest BCUT2D eigenvalue weighted by atomic mass is 35.5. The average Bonchev–Trinajstić information content (AvgIpc) is 3.43. The van der Waals surface area contributed by atoms with Gasteiger partial charge in [0.15, 0.2) is 11.9 Å². The summed E-state index contributed by atoms with van der Waals surface area (Å²) in [5, 5.41) is 16.8. The fourth-order valence-corrected chi connectivity index (χ4v) is 4.45. The van der Waals surface area contributed by atoms with Crippen LogP contribution in [0.3, 0.4) is 0 Å². The number of likely N-dealkylation sites (tertiary alicyclic amines) is 1. The van der Waals surface area contributed by atoms with E-state index in [-0.39, 0.29) is 29.7 Å². The zero-order valence-corrected chi connectivity index (χ0v) is 22.9. The Kier molecular flexibility index (Phi) is 9.28. The van der Waals surface area contributed by atoms with Crippen molar-refractivity contribution < 1.29 is 32.4 Å². The molecule has 218 valence electrons. The number of nitrogens with two attached hydrogens (primary N) is 1. The van der Waals surface area contributed by atoms with Gasteiger partial charge in [-0.2, -0.15) is 17.7 Å². The van der Waals surface area contributed by atoms with Crippen LogP contribution in [0.5, 0.6) is 0 Å². The molecule has 0 aliphatic carbocycles. The van der Waals surface area contributed by atoms with Gasteiger partial charge >= 0.3 is 12.2 Å². The van der Waals surface area contributed by atoms with Crippen molar-refractivity contribution in [2.45, 2.75) is 38.6 Å². The molecule has 1 aliphatic rings. The Morgan fingerprint density at radius 3 is 2.49 bits per heavy atom. The quantitative estimate of drug-likeness (QED) is 0.219. The van der Waals surface area contributed by atoms with Gasteiger partial charge < -0.3 is 15.7 Å². The Bertz CT molecular complexity index is 1420. The SMILES string of the molecule is CC1CCN(C(=O)c2ccccc2-n2cnc(CNC(=O)/[N+](C[C@H](O)C(F)(F)F)=C(\N)c3ccc(Cl)cc3)n2)CC1. The van der Waals surface area contributed by atoms with E-state index in [1.165, 1.54) is 35.3 Å². The number of aromatic nitrogens is 3. The molecule has 10 nitrogen and oxygen atoms in total. The highest BCUT2D eigenvalue weighted by Crippen LogP contribution is 2.22. The maximum atomic E-state index is 13.2. The number of aliphatic hydroxyl groups is 1. The number of nitrogens with one attached hydrogen (secondary N) is 1. The van der Waals surface area contributed by atoms with Crippen molar-refractivity contribution in [2.24, 2.45) is 11.7 Å². The lowest BCUT2D eigenvalue weighted by molar-refractivity contribution is -0.455. The summed E-state index contributed by atoms with van der Waals surface area (Å²) in [6.07, 6.45) is -4.58. The number of hydrogen-bond acceptors (Lipinski definition) is 5. The van der Waals surface area contributed by atoms with Crippen LogP contribution in [0, 0.1) is 5.92 Å². The van der Waals surface area contributed by atoms with Crippen molar-refractivity contribution in [1.82, 2.24) is 25.0 Å². The molecule has 1 saturated heterocycles. The zero-order valence-electron chi connectivity index (χ0n) is 22.2. The molecule has 0 radical (unpaired) electrons. The number of carbonyl (C=O) groups excluding carboxylic acids is 2. The summed E-state index contributed by atoms with van der Waals surface area (Å²) in [4.78, 5) is 32.2. The van der Waals surface area contributed by atoms with Crippen LogP contribution >= 0.6 is 11.6 Å². The Labute approximate surface area is 239 Å². The summed E-state index contributed by atoms with van der Waals surface area (Å²) < 4.78 is 41.3. The standard InChI is InChI=1S/C27H29ClF3N7O3/c1-17-10-12-36(13-11-17)25(40)20-4-2-3-5-21(20)38-16-34-23(35-38)14-33-26(41)37(15-22(39)27(29,30)31)24(32)18-6-8-19(28)9-7-18/h2-9,16-17,22,32,39H,10-15H2,1H3,(H,33,41)/p+1/t22-/m0/s1. The fourth-order valence-electron chi connectivity index (χ4n) is 4.32. The second kappa shape index (κ2) is 12.7. The van der Waals surface area contributed by atoms with Crippen molar-refractivity contribution in [1.29, 1.82) is 0 Å². The second-order valence-corrected chi connectivity index (χ2v) is 10.3. The van der Waals surface area contributed by atoms with Gasteiger partial charge in [-0.15, -0.1) is 5.10 Å². The third-order valence-electron chi connectivity index (χ3n) is 6.80. The molecule has 3 amide bonds. The summed E-state index contributed by atoms with van der Waals surface area (Å²) in [7, 11) is 0. The highest BCUT2D eigenvalue weighted by Gasteiger charge is 2.41. The van der Waals surface area contributed by atoms with E-state index < -0.39 is 24.9 Å². The van der Waals surface area contributed by atoms with Gasteiger partial charge in [-0.05, 0) is 55.2 Å². The molecule has 3 aromatic rings. The lowest BCUT2D eigenvalue weighted by atomic mass is 9.98. The number of benzene rings is 2. The number of urea groups is 1. The number of nitrogens with zero attached hydrogens (tertiary/aromatic N) is 5.